The van der Waals surface area contributed by atoms with Gasteiger partial charge in [-0.3, -0.25) is 0 Å². The number of methoxy groups -OCH3 is 1. The summed E-state index contributed by atoms with van der Waals surface area (Å²) >= 11 is 2.96. The summed E-state index contributed by atoms with van der Waals surface area (Å²) in [5, 5.41) is 7.03. The maximum atomic E-state index is 13.9. The van der Waals surface area contributed by atoms with Crippen LogP contribution in [-0.2, 0) is 4.74 Å². The number of hydrogen-bond acceptors (Lipinski definition) is 9. The minimum atomic E-state index is -0.698. The molecule has 0 aliphatic rings. The molecule has 0 unspecified atom stereocenters. The summed E-state index contributed by atoms with van der Waals surface area (Å²) in [4.78, 5) is 25.4. The molecule has 0 radical (unpaired) electrons. The maximum Gasteiger partial charge on any atom is 0.340 e. The molecule has 3 aromatic rings. The van der Waals surface area contributed by atoms with E-state index in [1.165, 1.54) is 30.6 Å². The van der Waals surface area contributed by atoms with Crippen LogP contribution in [0.2, 0.25) is 0 Å². The first-order chi connectivity index (χ1) is 13.1. The van der Waals surface area contributed by atoms with Gasteiger partial charge in [0.25, 0.3) is 0 Å². The molecule has 0 fully saturated rings. The van der Waals surface area contributed by atoms with Crippen LogP contribution in [0.15, 0.2) is 29.4 Å². The molecule has 2 aromatic heterocycles. The van der Waals surface area contributed by atoms with Crippen LogP contribution in [0.3, 0.4) is 0 Å². The molecule has 27 heavy (non-hydrogen) atoms. The second kappa shape index (κ2) is 8.96. The maximum absolute atomic E-state index is 13.9. The van der Waals surface area contributed by atoms with Crippen LogP contribution in [0.25, 0.3) is 10.2 Å². The normalized spacial score (nSPS) is 10.8. The topological polar surface area (TPSA) is 89.0 Å². The molecule has 1 aromatic carbocycles. The molecule has 0 aliphatic heterocycles. The number of benzene rings is 1. The molecule has 0 spiro atoms. The number of thiazole rings is 1. The summed E-state index contributed by atoms with van der Waals surface area (Å²) in [5.74, 6) is -0.738. The molecular formula is C17H18FN5O2S2. The number of rotatable bonds is 8. The zero-order valence-corrected chi connectivity index (χ0v) is 16.4. The van der Waals surface area contributed by atoms with Crippen LogP contribution in [0.1, 0.15) is 16.8 Å². The Morgan fingerprint density at radius 2 is 2.00 bits per heavy atom. The van der Waals surface area contributed by atoms with Crippen molar-refractivity contribution in [1.82, 2.24) is 15.0 Å². The van der Waals surface area contributed by atoms with Crippen LogP contribution in [-0.4, -0.2) is 47.4 Å². The Bertz CT molecular complexity index is 933. The number of thioether (sulfide) groups is 1. The number of nitrogens with one attached hydrogen (secondary N) is 2. The van der Waals surface area contributed by atoms with E-state index in [2.05, 4.69) is 30.3 Å². The van der Waals surface area contributed by atoms with Crippen molar-refractivity contribution in [3.63, 3.8) is 0 Å². The fourth-order valence-electron chi connectivity index (χ4n) is 2.29. The molecule has 3 rings (SSSR count). The van der Waals surface area contributed by atoms with Crippen LogP contribution in [0, 0.1) is 5.82 Å². The number of halogens is 1. The third-order valence-corrected chi connectivity index (χ3v) is 5.32. The number of ether oxygens (including phenoxy) is 1. The van der Waals surface area contributed by atoms with Gasteiger partial charge in [-0.15, -0.1) is 11.8 Å². The molecule has 0 saturated heterocycles. The van der Waals surface area contributed by atoms with Gasteiger partial charge in [0.2, 0.25) is 5.95 Å². The van der Waals surface area contributed by atoms with Gasteiger partial charge >= 0.3 is 5.97 Å². The van der Waals surface area contributed by atoms with E-state index in [-0.39, 0.29) is 5.56 Å². The predicted octanol–water partition coefficient (Wildman–Crippen LogP) is 3.65. The molecule has 0 bridgehead atoms. The Morgan fingerprint density at radius 1 is 1.26 bits per heavy atom. The highest BCUT2D eigenvalue weighted by Gasteiger charge is 2.15. The van der Waals surface area contributed by atoms with Crippen molar-refractivity contribution in [3.05, 3.63) is 35.9 Å². The minimum absolute atomic E-state index is 0.0862. The highest BCUT2D eigenvalue weighted by Crippen LogP contribution is 2.28. The number of carbonyl (C=O) groups excluding carboxylic acids is 1. The van der Waals surface area contributed by atoms with Gasteiger partial charge in [-0.2, -0.15) is 0 Å². The lowest BCUT2D eigenvalue weighted by Gasteiger charge is -2.05. The smallest absolute Gasteiger partial charge is 0.340 e. The van der Waals surface area contributed by atoms with Crippen LogP contribution >= 0.6 is 23.1 Å². The van der Waals surface area contributed by atoms with Crippen LogP contribution in [0.4, 0.5) is 15.5 Å². The van der Waals surface area contributed by atoms with E-state index in [1.807, 2.05) is 6.26 Å². The quantitative estimate of drug-likeness (QED) is 0.332. The van der Waals surface area contributed by atoms with Crippen molar-refractivity contribution in [2.75, 3.05) is 37.1 Å². The fraction of sp³-hybridized carbons (Fsp3) is 0.294. The van der Waals surface area contributed by atoms with Crippen molar-refractivity contribution in [2.45, 2.75) is 11.3 Å². The number of aromatic nitrogens is 3. The highest BCUT2D eigenvalue weighted by atomic mass is 32.2. The van der Waals surface area contributed by atoms with E-state index in [0.717, 1.165) is 16.0 Å². The highest BCUT2D eigenvalue weighted by molar-refractivity contribution is 7.98. The lowest BCUT2D eigenvalue weighted by Crippen LogP contribution is -2.10. The second-order valence-electron chi connectivity index (χ2n) is 5.46. The van der Waals surface area contributed by atoms with Crippen molar-refractivity contribution in [2.24, 2.45) is 0 Å². The molecule has 0 amide bonds. The number of fused-ring (bicyclic) bond motifs is 1. The molecule has 2 N–H and O–H groups in total. The van der Waals surface area contributed by atoms with Gasteiger partial charge in [0.1, 0.15) is 5.82 Å². The zero-order chi connectivity index (χ0) is 19.2. The monoisotopic (exact) mass is 407 g/mol. The lowest BCUT2D eigenvalue weighted by atomic mass is 10.2. The van der Waals surface area contributed by atoms with E-state index < -0.39 is 11.8 Å². The molecular weight excluding hydrogens is 389 g/mol. The average Bonchev–Trinajstić information content (AvgIpc) is 3.08. The van der Waals surface area contributed by atoms with Gasteiger partial charge in [-0.05, 0) is 18.7 Å². The second-order valence-corrected chi connectivity index (χ2v) is 7.37. The van der Waals surface area contributed by atoms with Gasteiger partial charge < -0.3 is 15.4 Å². The summed E-state index contributed by atoms with van der Waals surface area (Å²) in [7, 11) is 1.22. The first-order valence-electron chi connectivity index (χ1n) is 8.13. The van der Waals surface area contributed by atoms with Gasteiger partial charge in [-0.25, -0.2) is 24.1 Å². The van der Waals surface area contributed by atoms with Crippen LogP contribution < -0.4 is 10.6 Å². The predicted molar refractivity (Wildman–Crippen MR) is 106 cm³/mol. The van der Waals surface area contributed by atoms with E-state index in [9.17, 15) is 9.18 Å². The summed E-state index contributed by atoms with van der Waals surface area (Å²) < 4.78 is 19.3. The molecule has 0 aliphatic carbocycles. The number of esters is 1. The average molecular weight is 407 g/mol. The first-order valence-corrected chi connectivity index (χ1v) is 10.2. The number of nitrogens with zero attached hydrogens (tertiary/aromatic N) is 3. The van der Waals surface area contributed by atoms with Gasteiger partial charge in [-0.1, -0.05) is 11.3 Å². The van der Waals surface area contributed by atoms with Crippen molar-refractivity contribution in [3.8, 4) is 0 Å². The fourth-order valence-corrected chi connectivity index (χ4v) is 3.52. The van der Waals surface area contributed by atoms with Crippen molar-refractivity contribution >= 4 is 50.4 Å². The third-order valence-electron chi connectivity index (χ3n) is 3.66. The van der Waals surface area contributed by atoms with E-state index >= 15 is 0 Å². The van der Waals surface area contributed by atoms with Crippen molar-refractivity contribution < 1.29 is 13.9 Å². The summed E-state index contributed by atoms with van der Waals surface area (Å²) in [5.41, 5.74) is 0.421. The number of anilines is 2. The SMILES string of the molecule is COC(=O)c1cc2sc(NCCCNc3ncc(SC)cn3)nc2cc1F. The standard InChI is InChI=1S/C17H18FN5O2S2/c1-25-15(24)11-6-14-13(7-12(11)18)23-17(27-14)20-5-3-4-19-16-21-8-10(26-2)9-22-16/h6-9H,3-5H2,1-2H3,(H,20,23)(H,19,21,22). The molecule has 142 valence electrons. The Morgan fingerprint density at radius 3 is 2.70 bits per heavy atom. The van der Waals surface area contributed by atoms with Gasteiger partial charge in [0, 0.05) is 36.4 Å². The van der Waals surface area contributed by atoms with Crippen molar-refractivity contribution in [1.29, 1.82) is 0 Å². The Hall–Kier alpha value is -2.46. The summed E-state index contributed by atoms with van der Waals surface area (Å²) in [6, 6.07) is 2.72. The van der Waals surface area contributed by atoms with E-state index in [1.54, 1.807) is 24.2 Å². The van der Waals surface area contributed by atoms with Gasteiger partial charge in [0.05, 0.1) is 22.9 Å². The number of carbonyl (C=O) groups is 1. The largest absolute Gasteiger partial charge is 0.465 e. The number of hydrogen-bond donors (Lipinski definition) is 2. The molecule has 10 heteroatoms. The van der Waals surface area contributed by atoms with E-state index in [4.69, 9.17) is 0 Å². The lowest BCUT2D eigenvalue weighted by molar-refractivity contribution is 0.0596. The molecule has 0 saturated carbocycles. The first kappa shape index (κ1) is 19.3. The third kappa shape index (κ3) is 4.83. The Balaban J connectivity index is 1.52. The van der Waals surface area contributed by atoms with Crippen LogP contribution in [0.5, 0.6) is 0 Å². The van der Waals surface area contributed by atoms with E-state index in [0.29, 0.717) is 29.7 Å². The minimum Gasteiger partial charge on any atom is -0.465 e. The zero-order valence-electron chi connectivity index (χ0n) is 14.8. The Labute approximate surface area is 163 Å². The van der Waals surface area contributed by atoms with Gasteiger partial charge in [0.15, 0.2) is 5.13 Å². The summed E-state index contributed by atoms with van der Waals surface area (Å²) in [6.07, 6.45) is 6.36. The summed E-state index contributed by atoms with van der Waals surface area (Å²) in [6.45, 7) is 1.39. The Kier molecular flexibility index (Phi) is 6.40. The molecule has 0 atom stereocenters. The molecule has 2 heterocycles. The molecule has 7 nitrogen and oxygen atoms in total.